The first-order valence-corrected chi connectivity index (χ1v) is 9.18. The van der Waals surface area contributed by atoms with Gasteiger partial charge in [0, 0.05) is 18.7 Å². The van der Waals surface area contributed by atoms with Crippen molar-refractivity contribution >= 4 is 11.8 Å². The van der Waals surface area contributed by atoms with Gasteiger partial charge in [0.25, 0.3) is 5.91 Å². The fourth-order valence-electron chi connectivity index (χ4n) is 3.09. The molecule has 25 heavy (non-hydrogen) atoms. The van der Waals surface area contributed by atoms with Crippen molar-refractivity contribution in [1.29, 1.82) is 0 Å². The summed E-state index contributed by atoms with van der Waals surface area (Å²) in [7, 11) is 0. The summed E-state index contributed by atoms with van der Waals surface area (Å²) < 4.78 is 5.70. The lowest BCUT2D eigenvalue weighted by Gasteiger charge is -2.31. The molecule has 3 N–H and O–H groups in total. The lowest BCUT2D eigenvalue weighted by atomic mass is 9.97. The maximum atomic E-state index is 12.6. The molecule has 2 amide bonds. The summed E-state index contributed by atoms with van der Waals surface area (Å²) in [6.07, 6.45) is 6.24. The molecule has 6 heteroatoms. The van der Waals surface area contributed by atoms with Gasteiger partial charge in [0.2, 0.25) is 5.91 Å². The van der Waals surface area contributed by atoms with Crippen LogP contribution >= 0.6 is 0 Å². The van der Waals surface area contributed by atoms with Crippen LogP contribution in [0, 0.1) is 5.92 Å². The van der Waals surface area contributed by atoms with Gasteiger partial charge < -0.3 is 9.64 Å². The normalized spacial score (nSPS) is 17.2. The highest BCUT2D eigenvalue weighted by Gasteiger charge is 2.28. The van der Waals surface area contributed by atoms with Gasteiger partial charge in [0.15, 0.2) is 0 Å². The van der Waals surface area contributed by atoms with Gasteiger partial charge in [-0.05, 0) is 43.5 Å². The quantitative estimate of drug-likeness (QED) is 0.327. The van der Waals surface area contributed by atoms with Crippen molar-refractivity contribution in [2.24, 2.45) is 11.8 Å². The van der Waals surface area contributed by atoms with E-state index in [1.54, 1.807) is 17.0 Å². The number of piperidine rings is 1. The zero-order valence-electron chi connectivity index (χ0n) is 15.0. The summed E-state index contributed by atoms with van der Waals surface area (Å²) in [5.74, 6) is 5.50. The zero-order chi connectivity index (χ0) is 18.1. The van der Waals surface area contributed by atoms with Gasteiger partial charge in [-0.3, -0.25) is 15.0 Å². The molecule has 138 valence electrons. The number of benzene rings is 1. The summed E-state index contributed by atoms with van der Waals surface area (Å²) in [5, 5.41) is 0. The van der Waals surface area contributed by atoms with Gasteiger partial charge in [0.05, 0.1) is 12.5 Å². The van der Waals surface area contributed by atoms with Crippen molar-refractivity contribution in [3.63, 3.8) is 0 Å². The number of hydrazine groups is 1. The molecule has 1 unspecified atom stereocenters. The Morgan fingerprint density at radius 1 is 1.24 bits per heavy atom. The van der Waals surface area contributed by atoms with Crippen molar-refractivity contribution in [3.05, 3.63) is 29.8 Å². The molecule has 6 nitrogen and oxygen atoms in total. The molecule has 0 aromatic heterocycles. The van der Waals surface area contributed by atoms with E-state index >= 15 is 0 Å². The van der Waals surface area contributed by atoms with Crippen molar-refractivity contribution in [2.45, 2.75) is 45.4 Å². The monoisotopic (exact) mass is 347 g/mol. The smallest absolute Gasteiger partial charge is 0.253 e. The largest absolute Gasteiger partial charge is 0.494 e. The molecule has 1 heterocycles. The number of rotatable bonds is 8. The first-order valence-electron chi connectivity index (χ1n) is 9.18. The van der Waals surface area contributed by atoms with Crippen molar-refractivity contribution in [2.75, 3.05) is 19.7 Å². The lowest BCUT2D eigenvalue weighted by molar-refractivity contribution is -0.126. The fraction of sp³-hybridized carbons (Fsp3) is 0.579. The first kappa shape index (κ1) is 19.2. The highest BCUT2D eigenvalue weighted by atomic mass is 16.5. The van der Waals surface area contributed by atoms with Crippen LogP contribution in [-0.2, 0) is 4.79 Å². The number of carbonyl (C=O) groups is 2. The summed E-state index contributed by atoms with van der Waals surface area (Å²) >= 11 is 0. The Morgan fingerprint density at radius 2 is 2.00 bits per heavy atom. The SMILES string of the molecule is CCCCCCOc1ccc(C(=O)N2CCCC(C(=O)NN)C2)cc1. The number of likely N-dealkylation sites (tertiary alicyclic amines) is 1. The van der Waals surface area contributed by atoms with E-state index in [0.29, 0.717) is 25.3 Å². The predicted octanol–water partition coefficient (Wildman–Crippen LogP) is 2.49. The number of nitrogens with two attached hydrogens (primary N) is 1. The fourth-order valence-corrected chi connectivity index (χ4v) is 3.09. The highest BCUT2D eigenvalue weighted by molar-refractivity contribution is 5.94. The summed E-state index contributed by atoms with van der Waals surface area (Å²) in [6.45, 7) is 3.97. The van der Waals surface area contributed by atoms with E-state index < -0.39 is 0 Å². The Kier molecular flexibility index (Phi) is 7.73. The second-order valence-electron chi connectivity index (χ2n) is 6.53. The molecule has 1 aliphatic rings. The summed E-state index contributed by atoms with van der Waals surface area (Å²) in [5.41, 5.74) is 2.80. The first-order chi connectivity index (χ1) is 12.2. The molecular formula is C19H29N3O3. The van der Waals surface area contributed by atoms with Crippen LogP contribution < -0.4 is 16.0 Å². The number of hydrogen-bond donors (Lipinski definition) is 2. The molecule has 0 saturated carbocycles. The molecule has 1 aromatic rings. The maximum Gasteiger partial charge on any atom is 0.253 e. The molecule has 1 fully saturated rings. The van der Waals surface area contributed by atoms with Crippen LogP contribution in [-0.4, -0.2) is 36.4 Å². The average Bonchev–Trinajstić information content (AvgIpc) is 2.67. The number of unbranched alkanes of at least 4 members (excludes halogenated alkanes) is 3. The second-order valence-corrected chi connectivity index (χ2v) is 6.53. The molecule has 0 radical (unpaired) electrons. The van der Waals surface area contributed by atoms with E-state index in [2.05, 4.69) is 12.3 Å². The van der Waals surface area contributed by atoms with E-state index in [-0.39, 0.29) is 17.7 Å². The maximum absolute atomic E-state index is 12.6. The van der Waals surface area contributed by atoms with Crippen molar-refractivity contribution in [1.82, 2.24) is 10.3 Å². The molecule has 2 rings (SSSR count). The standard InChI is InChI=1S/C19H29N3O3/c1-2-3-4-5-13-25-17-10-8-15(9-11-17)19(24)22-12-6-7-16(14-22)18(23)21-20/h8-11,16H,2-7,12-14,20H2,1H3,(H,21,23). The minimum atomic E-state index is -0.228. The minimum absolute atomic E-state index is 0.0518. The van der Waals surface area contributed by atoms with Gasteiger partial charge in [-0.25, -0.2) is 5.84 Å². The number of nitrogens with zero attached hydrogens (tertiary/aromatic N) is 1. The van der Waals surface area contributed by atoms with Gasteiger partial charge >= 0.3 is 0 Å². The topological polar surface area (TPSA) is 84.7 Å². The Balaban J connectivity index is 1.86. The molecule has 1 aromatic carbocycles. The Hall–Kier alpha value is -2.08. The minimum Gasteiger partial charge on any atom is -0.494 e. The van der Waals surface area contributed by atoms with E-state index in [1.165, 1.54) is 19.3 Å². The van der Waals surface area contributed by atoms with Gasteiger partial charge in [0.1, 0.15) is 5.75 Å². The van der Waals surface area contributed by atoms with E-state index in [1.807, 2.05) is 12.1 Å². The summed E-state index contributed by atoms with van der Waals surface area (Å²) in [6, 6.07) is 7.24. The number of hydrogen-bond acceptors (Lipinski definition) is 4. The van der Waals surface area contributed by atoms with E-state index in [9.17, 15) is 9.59 Å². The van der Waals surface area contributed by atoms with Crippen molar-refractivity contribution < 1.29 is 14.3 Å². The third kappa shape index (κ3) is 5.74. The molecule has 0 bridgehead atoms. The molecule has 1 atom stereocenters. The van der Waals surface area contributed by atoms with Gasteiger partial charge in [-0.1, -0.05) is 26.2 Å². The van der Waals surface area contributed by atoms with Crippen LogP contribution in [0.25, 0.3) is 0 Å². The van der Waals surface area contributed by atoms with Crippen LogP contribution in [0.5, 0.6) is 5.75 Å². The molecule has 1 aliphatic heterocycles. The van der Waals surface area contributed by atoms with Gasteiger partial charge in [-0.15, -0.1) is 0 Å². The number of ether oxygens (including phenoxy) is 1. The van der Waals surface area contributed by atoms with Crippen LogP contribution in [0.15, 0.2) is 24.3 Å². The molecule has 0 aliphatic carbocycles. The zero-order valence-corrected chi connectivity index (χ0v) is 15.0. The van der Waals surface area contributed by atoms with Gasteiger partial charge in [-0.2, -0.15) is 0 Å². The Morgan fingerprint density at radius 3 is 2.68 bits per heavy atom. The Labute approximate surface area is 149 Å². The Bertz CT molecular complexity index is 560. The predicted molar refractivity (Wildman–Crippen MR) is 97.0 cm³/mol. The van der Waals surface area contributed by atoms with E-state index in [0.717, 1.165) is 25.0 Å². The molecular weight excluding hydrogens is 318 g/mol. The van der Waals surface area contributed by atoms with E-state index in [4.69, 9.17) is 10.6 Å². The van der Waals surface area contributed by atoms with Crippen molar-refractivity contribution in [3.8, 4) is 5.75 Å². The third-order valence-electron chi connectivity index (χ3n) is 4.59. The van der Waals surface area contributed by atoms with Crippen LogP contribution in [0.4, 0.5) is 0 Å². The second kappa shape index (κ2) is 10.0. The third-order valence-corrected chi connectivity index (χ3v) is 4.59. The average molecular weight is 347 g/mol. The van der Waals surface area contributed by atoms with Crippen LogP contribution in [0.2, 0.25) is 0 Å². The van der Waals surface area contributed by atoms with Crippen LogP contribution in [0.3, 0.4) is 0 Å². The van der Waals surface area contributed by atoms with Crippen LogP contribution in [0.1, 0.15) is 55.8 Å². The molecule has 1 saturated heterocycles. The highest BCUT2D eigenvalue weighted by Crippen LogP contribution is 2.20. The summed E-state index contributed by atoms with van der Waals surface area (Å²) in [4.78, 5) is 26.0. The number of amides is 2. The lowest BCUT2D eigenvalue weighted by Crippen LogP contribution is -2.46. The molecule has 0 spiro atoms. The number of nitrogens with one attached hydrogen (secondary N) is 1. The number of carbonyl (C=O) groups excluding carboxylic acids is 2.